The molecule has 1 fully saturated rings. The quantitative estimate of drug-likeness (QED) is 0.395. The lowest BCUT2D eigenvalue weighted by Gasteiger charge is -2.27. The zero-order chi connectivity index (χ0) is 24.4. The molecule has 2 aliphatic rings. The minimum atomic E-state index is -1.25. The average molecular weight is 468 g/mol. The van der Waals surface area contributed by atoms with Gasteiger partial charge in [-0.3, -0.25) is 34.7 Å². The van der Waals surface area contributed by atoms with Crippen molar-refractivity contribution in [1.82, 2.24) is 10.4 Å². The van der Waals surface area contributed by atoms with Gasteiger partial charge in [-0.2, -0.15) is 0 Å². The summed E-state index contributed by atoms with van der Waals surface area (Å²) in [4.78, 5) is 62.4. The first-order valence-electron chi connectivity index (χ1n) is 10.4. The van der Waals surface area contributed by atoms with Crippen LogP contribution >= 0.6 is 0 Å². The van der Waals surface area contributed by atoms with Gasteiger partial charge >= 0.3 is 0 Å². The van der Waals surface area contributed by atoms with E-state index in [1.807, 2.05) is 0 Å². The van der Waals surface area contributed by atoms with E-state index in [0.29, 0.717) is 24.7 Å². The summed E-state index contributed by atoms with van der Waals surface area (Å²) in [5.41, 5.74) is 2.47. The highest BCUT2D eigenvalue weighted by molar-refractivity contribution is 6.23. The molecule has 2 aliphatic heterocycles. The normalized spacial score (nSPS) is 16.9. The second-order valence-corrected chi connectivity index (χ2v) is 7.48. The number of ether oxygens (including phenoxy) is 2. The molecule has 1 unspecified atom stereocenters. The van der Waals surface area contributed by atoms with Crippen LogP contribution in [0, 0.1) is 10.1 Å². The van der Waals surface area contributed by atoms with Gasteiger partial charge < -0.3 is 9.47 Å². The minimum Gasteiger partial charge on any atom is -0.486 e. The smallest absolute Gasteiger partial charge is 0.269 e. The molecule has 1 saturated heterocycles. The van der Waals surface area contributed by atoms with Crippen LogP contribution < -0.4 is 19.8 Å². The second kappa shape index (κ2) is 9.17. The van der Waals surface area contributed by atoms with Gasteiger partial charge in [0, 0.05) is 30.2 Å². The maximum absolute atomic E-state index is 13.2. The number of rotatable bonds is 5. The zero-order valence-electron chi connectivity index (χ0n) is 18.1. The number of hydrazine groups is 1. The fraction of sp³-hybridized carbons (Fsp3) is 0.273. The lowest BCUT2D eigenvalue weighted by molar-refractivity contribution is -0.384. The Bertz CT molecular complexity index is 1180. The number of imide groups is 1. The Morgan fingerprint density at radius 2 is 1.79 bits per heavy atom. The van der Waals surface area contributed by atoms with E-state index in [1.165, 1.54) is 24.3 Å². The molecule has 2 heterocycles. The Morgan fingerprint density at radius 1 is 1.12 bits per heavy atom. The van der Waals surface area contributed by atoms with Gasteiger partial charge in [0.1, 0.15) is 19.3 Å². The average Bonchev–Trinajstić information content (AvgIpc) is 3.14. The second-order valence-electron chi connectivity index (χ2n) is 7.48. The Balaban J connectivity index is 1.56. The molecule has 12 heteroatoms. The van der Waals surface area contributed by atoms with Crippen molar-refractivity contribution in [2.24, 2.45) is 0 Å². The van der Waals surface area contributed by atoms with Crippen molar-refractivity contribution in [3.8, 4) is 11.5 Å². The van der Waals surface area contributed by atoms with Crippen LogP contribution in [0.3, 0.4) is 0 Å². The summed E-state index contributed by atoms with van der Waals surface area (Å²) in [6.45, 7) is 2.26. The summed E-state index contributed by atoms with van der Waals surface area (Å²) >= 11 is 0. The Hall–Kier alpha value is -4.48. The number of amides is 4. The fourth-order valence-corrected chi connectivity index (χ4v) is 3.65. The van der Waals surface area contributed by atoms with Crippen molar-refractivity contribution in [3.05, 3.63) is 58.1 Å². The number of carbonyl (C=O) groups is 4. The van der Waals surface area contributed by atoms with Crippen molar-refractivity contribution in [2.45, 2.75) is 25.8 Å². The molecule has 0 spiro atoms. The summed E-state index contributed by atoms with van der Waals surface area (Å²) < 4.78 is 11.0. The first-order valence-corrected chi connectivity index (χ1v) is 10.4. The third-order valence-corrected chi connectivity index (χ3v) is 5.35. The monoisotopic (exact) mass is 468 g/mol. The molecule has 4 rings (SSSR count). The highest BCUT2D eigenvalue weighted by atomic mass is 16.6. The summed E-state index contributed by atoms with van der Waals surface area (Å²) in [6.07, 6.45) is -0.373. The number of anilines is 1. The van der Waals surface area contributed by atoms with Crippen LogP contribution in [-0.2, 0) is 14.4 Å². The molecule has 0 saturated carbocycles. The lowest BCUT2D eigenvalue weighted by Crippen LogP contribution is -2.54. The third-order valence-electron chi connectivity index (χ3n) is 5.35. The van der Waals surface area contributed by atoms with E-state index in [1.54, 1.807) is 13.0 Å². The van der Waals surface area contributed by atoms with Crippen molar-refractivity contribution < 1.29 is 33.6 Å². The molecular weight excluding hydrogens is 448 g/mol. The summed E-state index contributed by atoms with van der Waals surface area (Å²) in [6, 6.07) is 8.12. The maximum atomic E-state index is 13.2. The van der Waals surface area contributed by atoms with E-state index in [2.05, 4.69) is 5.43 Å². The first kappa shape index (κ1) is 22.7. The lowest BCUT2D eigenvalue weighted by atomic mass is 10.2. The van der Waals surface area contributed by atoms with E-state index >= 15 is 0 Å². The first-order chi connectivity index (χ1) is 16.3. The predicted octanol–water partition coefficient (Wildman–Crippen LogP) is 1.58. The number of benzene rings is 2. The molecule has 0 radical (unpaired) electrons. The summed E-state index contributed by atoms with van der Waals surface area (Å²) in [5, 5.41) is 11.7. The van der Waals surface area contributed by atoms with Crippen molar-refractivity contribution >= 4 is 35.0 Å². The summed E-state index contributed by atoms with van der Waals surface area (Å²) in [5.74, 6) is -1.69. The van der Waals surface area contributed by atoms with Crippen LogP contribution in [0.4, 0.5) is 11.4 Å². The van der Waals surface area contributed by atoms with Gasteiger partial charge in [-0.25, -0.2) is 9.91 Å². The van der Waals surface area contributed by atoms with Crippen LogP contribution in [0.2, 0.25) is 0 Å². The number of nitrogens with zero attached hydrogens (tertiary/aromatic N) is 3. The van der Waals surface area contributed by atoms with Gasteiger partial charge in [0.05, 0.1) is 17.0 Å². The number of fused-ring (bicyclic) bond motifs is 1. The highest BCUT2D eigenvalue weighted by Crippen LogP contribution is 2.36. The van der Waals surface area contributed by atoms with Crippen LogP contribution in [-0.4, -0.2) is 52.8 Å². The molecule has 1 N–H and O–H groups in total. The highest BCUT2D eigenvalue weighted by Gasteiger charge is 2.45. The van der Waals surface area contributed by atoms with E-state index in [0.717, 1.165) is 22.0 Å². The number of hydrogen-bond acceptors (Lipinski definition) is 8. The molecule has 0 aromatic heterocycles. The predicted molar refractivity (Wildman–Crippen MR) is 116 cm³/mol. The number of carbonyl (C=O) groups excluding carboxylic acids is 4. The molecule has 0 aliphatic carbocycles. The molecule has 12 nitrogen and oxygen atoms in total. The Morgan fingerprint density at radius 3 is 2.44 bits per heavy atom. The number of non-ortho nitro benzene ring substituents is 1. The maximum Gasteiger partial charge on any atom is 0.269 e. The van der Waals surface area contributed by atoms with E-state index < -0.39 is 34.6 Å². The van der Waals surface area contributed by atoms with Gasteiger partial charge in [0.25, 0.3) is 17.5 Å². The van der Waals surface area contributed by atoms with Gasteiger partial charge in [-0.1, -0.05) is 6.92 Å². The molecule has 176 valence electrons. The number of hydrogen-bond donors (Lipinski definition) is 1. The number of nitro benzene ring substituents is 1. The molecule has 1 atom stereocenters. The topological polar surface area (TPSA) is 148 Å². The fourth-order valence-electron chi connectivity index (χ4n) is 3.65. The van der Waals surface area contributed by atoms with Gasteiger partial charge in [0.2, 0.25) is 11.8 Å². The standard InChI is InChI=1S/C22H20N4O8/c1-2-19(27)25(23-21(29)13-3-5-14(6-4-13)26(31)32)16-12-20(28)24(22(16)30)15-7-8-17-18(11-15)34-10-9-33-17/h3-8,11,16H,2,9-10,12H2,1H3,(H,23,29). The zero-order valence-corrected chi connectivity index (χ0v) is 18.1. The number of nitrogens with one attached hydrogen (secondary N) is 1. The molecule has 2 aromatic rings. The molecular formula is C22H20N4O8. The SMILES string of the molecule is CCC(=O)N(NC(=O)c1ccc([N+](=O)[O-])cc1)C1CC(=O)N(c2ccc3c(c2)OCCO3)C1=O. The largest absolute Gasteiger partial charge is 0.486 e. The van der Waals surface area contributed by atoms with Crippen LogP contribution in [0.15, 0.2) is 42.5 Å². The van der Waals surface area contributed by atoms with E-state index in [4.69, 9.17) is 9.47 Å². The van der Waals surface area contributed by atoms with Crippen molar-refractivity contribution in [3.63, 3.8) is 0 Å². The Kier molecular flexibility index (Phi) is 6.13. The third kappa shape index (κ3) is 4.25. The van der Waals surface area contributed by atoms with E-state index in [-0.39, 0.29) is 29.8 Å². The molecule has 0 bridgehead atoms. The van der Waals surface area contributed by atoms with Gasteiger partial charge in [-0.15, -0.1) is 0 Å². The van der Waals surface area contributed by atoms with Crippen LogP contribution in [0.5, 0.6) is 11.5 Å². The van der Waals surface area contributed by atoms with Crippen LogP contribution in [0.25, 0.3) is 0 Å². The van der Waals surface area contributed by atoms with Gasteiger partial charge in [-0.05, 0) is 24.3 Å². The molecule has 2 aromatic carbocycles. The molecule has 34 heavy (non-hydrogen) atoms. The Labute approximate surface area is 193 Å². The van der Waals surface area contributed by atoms with Crippen molar-refractivity contribution in [2.75, 3.05) is 18.1 Å². The van der Waals surface area contributed by atoms with Gasteiger partial charge in [0.15, 0.2) is 11.5 Å². The summed E-state index contributed by atoms with van der Waals surface area (Å²) in [7, 11) is 0. The van der Waals surface area contributed by atoms with E-state index in [9.17, 15) is 29.3 Å². The van der Waals surface area contributed by atoms with Crippen LogP contribution in [0.1, 0.15) is 30.1 Å². The minimum absolute atomic E-state index is 0.0392. The molecule has 4 amide bonds. The van der Waals surface area contributed by atoms with Crippen molar-refractivity contribution in [1.29, 1.82) is 0 Å². The number of nitro groups is 1.